The number of likely N-dealkylation sites (tertiary alicyclic amines) is 1. The van der Waals surface area contributed by atoms with Crippen molar-refractivity contribution >= 4 is 0 Å². The molecule has 2 aliphatic rings. The molecule has 2 atom stereocenters. The first kappa shape index (κ1) is 13.6. The van der Waals surface area contributed by atoms with Crippen molar-refractivity contribution in [3.05, 3.63) is 35.1 Å². The van der Waals surface area contributed by atoms with Crippen LogP contribution in [-0.2, 0) is 6.54 Å². The molecular formula is C17H21FN2. The van der Waals surface area contributed by atoms with Crippen LogP contribution in [0.4, 0.5) is 4.39 Å². The van der Waals surface area contributed by atoms with Gasteiger partial charge >= 0.3 is 0 Å². The third-order valence-corrected chi connectivity index (χ3v) is 4.58. The third kappa shape index (κ3) is 2.87. The molecule has 1 aliphatic heterocycles. The summed E-state index contributed by atoms with van der Waals surface area (Å²) in [6.07, 6.45) is 4.10. The number of halogens is 1. The molecule has 0 bridgehead atoms. The lowest BCUT2D eigenvalue weighted by Gasteiger charge is -2.17. The zero-order valence-corrected chi connectivity index (χ0v) is 11.7. The van der Waals surface area contributed by atoms with E-state index in [-0.39, 0.29) is 5.82 Å². The normalized spacial score (nSPS) is 25.3. The fraction of sp³-hybridized carbons (Fsp3) is 0.529. The van der Waals surface area contributed by atoms with Gasteiger partial charge in [0.15, 0.2) is 0 Å². The second-order valence-electron chi connectivity index (χ2n) is 5.96. The number of rotatable bonds is 2. The second-order valence-corrected chi connectivity index (χ2v) is 5.96. The van der Waals surface area contributed by atoms with Gasteiger partial charge in [-0.15, -0.1) is 0 Å². The number of nitrogens with zero attached hydrogens (tertiary/aromatic N) is 1. The van der Waals surface area contributed by atoms with Crippen LogP contribution in [0.5, 0.6) is 0 Å². The highest BCUT2D eigenvalue weighted by Crippen LogP contribution is 2.38. The molecule has 2 unspecified atom stereocenters. The van der Waals surface area contributed by atoms with E-state index >= 15 is 0 Å². The Morgan fingerprint density at radius 2 is 2.00 bits per heavy atom. The summed E-state index contributed by atoms with van der Waals surface area (Å²) in [6.45, 7) is 3.31. The van der Waals surface area contributed by atoms with Gasteiger partial charge in [0, 0.05) is 30.8 Å². The molecule has 1 saturated carbocycles. The van der Waals surface area contributed by atoms with E-state index in [0.29, 0.717) is 12.1 Å². The maximum absolute atomic E-state index is 14.1. The molecule has 3 rings (SSSR count). The van der Waals surface area contributed by atoms with Crippen LogP contribution in [0.3, 0.4) is 0 Å². The second kappa shape index (κ2) is 5.95. The quantitative estimate of drug-likeness (QED) is 0.838. The predicted octanol–water partition coefficient (Wildman–Crippen LogP) is 2.37. The van der Waals surface area contributed by atoms with Crippen LogP contribution in [0.15, 0.2) is 18.2 Å². The van der Waals surface area contributed by atoms with Gasteiger partial charge in [0.1, 0.15) is 5.82 Å². The number of fused-ring (bicyclic) bond motifs is 1. The van der Waals surface area contributed by atoms with Crippen molar-refractivity contribution in [3.63, 3.8) is 0 Å². The Kier molecular flexibility index (Phi) is 4.05. The molecule has 0 aromatic heterocycles. The first-order chi connectivity index (χ1) is 9.76. The summed E-state index contributed by atoms with van der Waals surface area (Å²) in [4.78, 5) is 2.40. The molecule has 2 fully saturated rings. The van der Waals surface area contributed by atoms with Crippen molar-refractivity contribution in [2.75, 3.05) is 19.6 Å². The van der Waals surface area contributed by atoms with E-state index in [0.717, 1.165) is 37.0 Å². The van der Waals surface area contributed by atoms with Gasteiger partial charge in [-0.2, -0.15) is 0 Å². The first-order valence-electron chi connectivity index (χ1n) is 7.46. The molecule has 2 nitrogen and oxygen atoms in total. The molecule has 1 aliphatic carbocycles. The van der Waals surface area contributed by atoms with Crippen LogP contribution in [0.2, 0.25) is 0 Å². The molecule has 106 valence electrons. The molecule has 2 N–H and O–H groups in total. The Morgan fingerprint density at radius 3 is 2.65 bits per heavy atom. The topological polar surface area (TPSA) is 29.3 Å². The van der Waals surface area contributed by atoms with Crippen LogP contribution in [-0.4, -0.2) is 24.5 Å². The lowest BCUT2D eigenvalue weighted by atomic mass is 10.0. The lowest BCUT2D eigenvalue weighted by molar-refractivity contribution is 0.299. The molecule has 0 radical (unpaired) electrons. The molecular weight excluding hydrogens is 251 g/mol. The number of hydrogen-bond acceptors (Lipinski definition) is 2. The average Bonchev–Trinajstić information content (AvgIpc) is 3.00. The van der Waals surface area contributed by atoms with E-state index in [4.69, 9.17) is 5.73 Å². The van der Waals surface area contributed by atoms with E-state index in [1.54, 1.807) is 0 Å². The molecule has 1 aromatic rings. The van der Waals surface area contributed by atoms with Crippen molar-refractivity contribution in [1.82, 2.24) is 4.90 Å². The Balaban J connectivity index is 1.66. The fourth-order valence-electron chi connectivity index (χ4n) is 3.61. The minimum absolute atomic E-state index is 0.147. The smallest absolute Gasteiger partial charge is 0.128 e. The maximum Gasteiger partial charge on any atom is 0.128 e. The Bertz CT molecular complexity index is 532. The number of hydrogen-bond donors (Lipinski definition) is 1. The zero-order valence-electron chi connectivity index (χ0n) is 11.7. The zero-order chi connectivity index (χ0) is 13.9. The molecule has 3 heteroatoms. The summed E-state index contributed by atoms with van der Waals surface area (Å²) < 4.78 is 14.1. The highest BCUT2D eigenvalue weighted by Gasteiger charge is 2.35. The SMILES string of the molecule is NCC#Cc1ccc(CN2CC3CCCC3C2)c(F)c1. The highest BCUT2D eigenvalue weighted by molar-refractivity contribution is 5.37. The summed E-state index contributed by atoms with van der Waals surface area (Å²) in [6, 6.07) is 5.27. The van der Waals surface area contributed by atoms with Gasteiger partial charge in [-0.3, -0.25) is 4.90 Å². The monoisotopic (exact) mass is 272 g/mol. The summed E-state index contributed by atoms with van der Waals surface area (Å²) in [5.74, 6) is 7.18. The van der Waals surface area contributed by atoms with Gasteiger partial charge in [-0.1, -0.05) is 24.3 Å². The Hall–Kier alpha value is -1.37. The standard InChI is InChI=1S/C17H21FN2/c18-17-9-13(3-2-8-19)6-7-16(17)12-20-10-14-4-1-5-15(14)11-20/h6-7,9,14-15H,1,4-5,8,10-12,19H2. The van der Waals surface area contributed by atoms with Gasteiger partial charge < -0.3 is 5.73 Å². The molecule has 1 saturated heterocycles. The van der Waals surface area contributed by atoms with E-state index in [9.17, 15) is 4.39 Å². The van der Waals surface area contributed by atoms with E-state index in [1.165, 1.54) is 25.3 Å². The third-order valence-electron chi connectivity index (χ3n) is 4.58. The minimum atomic E-state index is -0.147. The lowest BCUT2D eigenvalue weighted by Crippen LogP contribution is -2.21. The summed E-state index contributed by atoms with van der Waals surface area (Å²) in [7, 11) is 0. The van der Waals surface area contributed by atoms with E-state index < -0.39 is 0 Å². The predicted molar refractivity (Wildman–Crippen MR) is 78.4 cm³/mol. The van der Waals surface area contributed by atoms with Crippen LogP contribution in [0, 0.1) is 29.5 Å². The summed E-state index contributed by atoms with van der Waals surface area (Å²) in [5, 5.41) is 0. The maximum atomic E-state index is 14.1. The molecule has 0 spiro atoms. The fourth-order valence-corrected chi connectivity index (χ4v) is 3.61. The van der Waals surface area contributed by atoms with Crippen molar-refractivity contribution in [1.29, 1.82) is 0 Å². The van der Waals surface area contributed by atoms with E-state index in [1.807, 2.05) is 12.1 Å². The van der Waals surface area contributed by atoms with E-state index in [2.05, 4.69) is 16.7 Å². The van der Waals surface area contributed by atoms with Crippen molar-refractivity contribution in [2.24, 2.45) is 17.6 Å². The molecule has 1 aromatic carbocycles. The van der Waals surface area contributed by atoms with Crippen LogP contribution >= 0.6 is 0 Å². The first-order valence-corrected chi connectivity index (χ1v) is 7.46. The average molecular weight is 272 g/mol. The number of nitrogens with two attached hydrogens (primary N) is 1. The highest BCUT2D eigenvalue weighted by atomic mass is 19.1. The Labute approximate surface area is 120 Å². The Morgan fingerprint density at radius 1 is 1.25 bits per heavy atom. The molecule has 1 heterocycles. The van der Waals surface area contributed by atoms with Crippen LogP contribution < -0.4 is 5.73 Å². The van der Waals surface area contributed by atoms with Crippen molar-refractivity contribution < 1.29 is 4.39 Å². The van der Waals surface area contributed by atoms with Gasteiger partial charge in [0.2, 0.25) is 0 Å². The summed E-state index contributed by atoms with van der Waals surface area (Å²) in [5.41, 5.74) is 6.81. The largest absolute Gasteiger partial charge is 0.320 e. The molecule has 20 heavy (non-hydrogen) atoms. The molecule has 0 amide bonds. The number of benzene rings is 1. The van der Waals surface area contributed by atoms with Gasteiger partial charge in [0.05, 0.1) is 6.54 Å². The van der Waals surface area contributed by atoms with Crippen LogP contribution in [0.25, 0.3) is 0 Å². The van der Waals surface area contributed by atoms with Gasteiger partial charge in [0.25, 0.3) is 0 Å². The van der Waals surface area contributed by atoms with Crippen molar-refractivity contribution in [2.45, 2.75) is 25.8 Å². The summed E-state index contributed by atoms with van der Waals surface area (Å²) >= 11 is 0. The van der Waals surface area contributed by atoms with Crippen LogP contribution in [0.1, 0.15) is 30.4 Å². The van der Waals surface area contributed by atoms with Gasteiger partial charge in [-0.05, 0) is 36.8 Å². The van der Waals surface area contributed by atoms with Gasteiger partial charge in [-0.25, -0.2) is 4.39 Å². The minimum Gasteiger partial charge on any atom is -0.320 e. The van der Waals surface area contributed by atoms with Crippen molar-refractivity contribution in [3.8, 4) is 11.8 Å².